The molecule has 0 radical (unpaired) electrons. The zero-order chi connectivity index (χ0) is 23.8. The number of fused-ring (bicyclic) bond motifs is 1. The van der Waals surface area contributed by atoms with Crippen LogP contribution in [0.2, 0.25) is 0 Å². The molecule has 0 aliphatic carbocycles. The lowest BCUT2D eigenvalue weighted by Gasteiger charge is -2.33. The Bertz CT molecular complexity index is 1170. The second kappa shape index (κ2) is 9.37. The summed E-state index contributed by atoms with van der Waals surface area (Å²) >= 11 is 0. The molecule has 7 heteroatoms. The van der Waals surface area contributed by atoms with Gasteiger partial charge in [0.2, 0.25) is 0 Å². The van der Waals surface area contributed by atoms with Gasteiger partial charge in [0.15, 0.2) is 0 Å². The molecular formula is C27H32F2N4O. The fourth-order valence-corrected chi connectivity index (χ4v) is 5.38. The second-order valence-electron chi connectivity index (χ2n) is 9.77. The lowest BCUT2D eigenvalue weighted by atomic mass is 9.89. The summed E-state index contributed by atoms with van der Waals surface area (Å²) in [5.41, 5.74) is 2.86. The van der Waals surface area contributed by atoms with Crippen molar-refractivity contribution in [1.29, 1.82) is 0 Å². The average Bonchev–Trinajstić information content (AvgIpc) is 3.39. The first-order valence-corrected chi connectivity index (χ1v) is 12.2. The highest BCUT2D eigenvalue weighted by Gasteiger charge is 2.31. The molecule has 0 bridgehead atoms. The SMILES string of the molecule is CC(C)N1CCN(CCN2CCC(c3cn(-c4ccc(F)cc4)c4cc(F)ccc34)CC2)C1=O. The van der Waals surface area contributed by atoms with Crippen LogP contribution in [0.25, 0.3) is 16.6 Å². The van der Waals surface area contributed by atoms with Crippen molar-refractivity contribution in [1.82, 2.24) is 19.3 Å². The molecule has 2 aliphatic heterocycles. The molecule has 2 fully saturated rings. The summed E-state index contributed by atoms with van der Waals surface area (Å²) in [5, 5.41) is 1.06. The van der Waals surface area contributed by atoms with Crippen molar-refractivity contribution in [3.05, 3.63) is 65.9 Å². The number of likely N-dealkylation sites (tertiary alicyclic amines) is 1. The van der Waals surface area contributed by atoms with Gasteiger partial charge in [-0.3, -0.25) is 0 Å². The first kappa shape index (κ1) is 22.8. The van der Waals surface area contributed by atoms with Crippen LogP contribution in [0.1, 0.15) is 38.2 Å². The molecular weight excluding hydrogens is 434 g/mol. The summed E-state index contributed by atoms with van der Waals surface area (Å²) in [6.07, 6.45) is 4.14. The number of piperidine rings is 1. The van der Waals surface area contributed by atoms with Gasteiger partial charge in [-0.2, -0.15) is 0 Å². The molecule has 0 N–H and O–H groups in total. The first-order valence-electron chi connectivity index (χ1n) is 12.2. The van der Waals surface area contributed by atoms with Gasteiger partial charge >= 0.3 is 6.03 Å². The average molecular weight is 467 g/mol. The summed E-state index contributed by atoms with van der Waals surface area (Å²) in [7, 11) is 0. The van der Waals surface area contributed by atoms with Gasteiger partial charge in [0.1, 0.15) is 11.6 Å². The second-order valence-corrected chi connectivity index (χ2v) is 9.77. The predicted octanol–water partition coefficient (Wildman–Crippen LogP) is 5.23. The van der Waals surface area contributed by atoms with Crippen LogP contribution in [-0.4, -0.2) is 70.6 Å². The number of nitrogens with zero attached hydrogens (tertiary/aromatic N) is 4. The predicted molar refractivity (Wildman–Crippen MR) is 130 cm³/mol. The van der Waals surface area contributed by atoms with Crippen molar-refractivity contribution in [3.63, 3.8) is 0 Å². The van der Waals surface area contributed by atoms with E-state index in [1.807, 2.05) is 20.4 Å². The van der Waals surface area contributed by atoms with E-state index in [0.29, 0.717) is 5.92 Å². The molecule has 2 aromatic carbocycles. The normalized spacial score (nSPS) is 18.1. The lowest BCUT2D eigenvalue weighted by molar-refractivity contribution is 0.166. The number of rotatable bonds is 6. The molecule has 1 aromatic heterocycles. The van der Waals surface area contributed by atoms with Crippen molar-refractivity contribution >= 4 is 16.9 Å². The number of amides is 2. The smallest absolute Gasteiger partial charge is 0.320 e. The van der Waals surface area contributed by atoms with Crippen LogP contribution in [-0.2, 0) is 0 Å². The van der Waals surface area contributed by atoms with Crippen molar-refractivity contribution < 1.29 is 13.6 Å². The lowest BCUT2D eigenvalue weighted by Crippen LogP contribution is -2.41. The summed E-state index contributed by atoms with van der Waals surface area (Å²) in [5.74, 6) is -0.176. The van der Waals surface area contributed by atoms with E-state index < -0.39 is 0 Å². The molecule has 0 saturated carbocycles. The number of urea groups is 1. The van der Waals surface area contributed by atoms with Gasteiger partial charge in [-0.25, -0.2) is 13.6 Å². The van der Waals surface area contributed by atoms with E-state index in [4.69, 9.17) is 0 Å². The fourth-order valence-electron chi connectivity index (χ4n) is 5.38. The highest BCUT2D eigenvalue weighted by atomic mass is 19.1. The number of hydrogen-bond donors (Lipinski definition) is 0. The van der Waals surface area contributed by atoms with Crippen LogP contribution in [0, 0.1) is 11.6 Å². The maximum atomic E-state index is 14.1. The largest absolute Gasteiger partial charge is 0.322 e. The summed E-state index contributed by atoms with van der Waals surface area (Å²) < 4.78 is 29.5. The Morgan fingerprint density at radius 2 is 1.62 bits per heavy atom. The van der Waals surface area contributed by atoms with Crippen LogP contribution >= 0.6 is 0 Å². The molecule has 3 aromatic rings. The Morgan fingerprint density at radius 3 is 2.29 bits per heavy atom. The zero-order valence-corrected chi connectivity index (χ0v) is 19.9. The van der Waals surface area contributed by atoms with Crippen molar-refractivity contribution in [2.45, 2.75) is 38.6 Å². The van der Waals surface area contributed by atoms with Gasteiger partial charge in [0.05, 0.1) is 5.52 Å². The van der Waals surface area contributed by atoms with Crippen LogP contribution in [0.5, 0.6) is 0 Å². The Kier molecular flexibility index (Phi) is 6.30. The monoisotopic (exact) mass is 466 g/mol. The van der Waals surface area contributed by atoms with E-state index in [-0.39, 0.29) is 23.7 Å². The van der Waals surface area contributed by atoms with Crippen molar-refractivity contribution in [3.8, 4) is 5.69 Å². The van der Waals surface area contributed by atoms with Crippen LogP contribution in [0.3, 0.4) is 0 Å². The number of halogens is 2. The molecule has 180 valence electrons. The molecule has 0 spiro atoms. The van der Waals surface area contributed by atoms with Gasteiger partial charge in [-0.15, -0.1) is 0 Å². The molecule has 0 unspecified atom stereocenters. The molecule has 2 aliphatic rings. The van der Waals surface area contributed by atoms with E-state index >= 15 is 0 Å². The summed E-state index contributed by atoms with van der Waals surface area (Å²) in [6, 6.07) is 11.7. The first-order chi connectivity index (χ1) is 16.4. The van der Waals surface area contributed by atoms with Crippen LogP contribution in [0.15, 0.2) is 48.7 Å². The Labute approximate surface area is 199 Å². The Balaban J connectivity index is 1.27. The number of aromatic nitrogens is 1. The maximum Gasteiger partial charge on any atom is 0.320 e. The van der Waals surface area contributed by atoms with Crippen molar-refractivity contribution in [2.75, 3.05) is 39.3 Å². The minimum absolute atomic E-state index is 0.158. The summed E-state index contributed by atoms with van der Waals surface area (Å²) in [4.78, 5) is 18.9. The minimum Gasteiger partial charge on any atom is -0.322 e. The minimum atomic E-state index is -0.286. The number of carbonyl (C=O) groups is 1. The molecule has 0 atom stereocenters. The van der Waals surface area contributed by atoms with Gasteiger partial charge in [0, 0.05) is 49.5 Å². The maximum absolute atomic E-state index is 14.1. The standard InChI is InChI=1S/C27H32F2N4O/c1-19(2)32-16-15-31(27(32)34)14-13-30-11-9-20(10-12-30)25-18-33(23-6-3-21(28)4-7-23)26-17-22(29)5-8-24(25)26/h3-8,17-20H,9-16H2,1-2H3. The van der Waals surface area contributed by atoms with E-state index in [2.05, 4.69) is 24.9 Å². The fraction of sp³-hybridized carbons (Fsp3) is 0.444. The third-order valence-corrected chi connectivity index (χ3v) is 7.37. The van der Waals surface area contributed by atoms with Crippen molar-refractivity contribution in [2.24, 2.45) is 0 Å². The zero-order valence-electron chi connectivity index (χ0n) is 19.9. The van der Waals surface area contributed by atoms with Crippen LogP contribution in [0.4, 0.5) is 13.6 Å². The number of hydrogen-bond acceptors (Lipinski definition) is 2. The van der Waals surface area contributed by atoms with Gasteiger partial charge < -0.3 is 19.3 Å². The van der Waals surface area contributed by atoms with E-state index in [1.165, 1.54) is 23.8 Å². The molecule has 2 amide bonds. The Hall–Kier alpha value is -2.93. The third kappa shape index (κ3) is 4.41. The quantitative estimate of drug-likeness (QED) is 0.498. The van der Waals surface area contributed by atoms with E-state index in [0.717, 1.165) is 68.7 Å². The molecule has 2 saturated heterocycles. The van der Waals surface area contributed by atoms with Gasteiger partial charge in [-0.1, -0.05) is 0 Å². The molecule has 5 nitrogen and oxygen atoms in total. The molecule has 5 rings (SSSR count). The topological polar surface area (TPSA) is 31.7 Å². The number of carbonyl (C=O) groups excluding carboxylic acids is 1. The third-order valence-electron chi connectivity index (χ3n) is 7.37. The highest BCUT2D eigenvalue weighted by Crippen LogP contribution is 2.36. The Morgan fingerprint density at radius 1 is 0.912 bits per heavy atom. The highest BCUT2D eigenvalue weighted by molar-refractivity contribution is 5.86. The van der Waals surface area contributed by atoms with Gasteiger partial charge in [0.25, 0.3) is 0 Å². The van der Waals surface area contributed by atoms with Crippen LogP contribution < -0.4 is 0 Å². The molecule has 34 heavy (non-hydrogen) atoms. The van der Waals surface area contributed by atoms with E-state index in [1.54, 1.807) is 18.2 Å². The molecule has 3 heterocycles. The van der Waals surface area contributed by atoms with E-state index in [9.17, 15) is 13.6 Å². The summed E-state index contributed by atoms with van der Waals surface area (Å²) in [6.45, 7) is 9.38. The number of benzene rings is 2. The van der Waals surface area contributed by atoms with Gasteiger partial charge in [-0.05, 0) is 93.7 Å².